The molecule has 0 aliphatic rings. The molecule has 2 aromatic carbocycles. The number of carbonyl (C=O) groups is 3. The first-order chi connectivity index (χ1) is 14.3. The van der Waals surface area contributed by atoms with E-state index < -0.39 is 0 Å². The van der Waals surface area contributed by atoms with Gasteiger partial charge in [0, 0.05) is 44.0 Å². The molecule has 7 heteroatoms. The molecular formula is C23H30N4O3. The monoisotopic (exact) mass is 410 g/mol. The zero-order chi connectivity index (χ0) is 22.1. The maximum atomic E-state index is 12.2. The summed E-state index contributed by atoms with van der Waals surface area (Å²) < 4.78 is 0. The van der Waals surface area contributed by atoms with Crippen LogP contribution in [0.1, 0.15) is 30.9 Å². The van der Waals surface area contributed by atoms with Crippen molar-refractivity contribution < 1.29 is 14.4 Å². The van der Waals surface area contributed by atoms with Crippen molar-refractivity contribution >= 4 is 34.8 Å². The molecule has 3 N–H and O–H groups in total. The fraction of sp³-hybridized carbons (Fsp3) is 0.348. The van der Waals surface area contributed by atoms with Crippen LogP contribution in [0.15, 0.2) is 42.5 Å². The van der Waals surface area contributed by atoms with E-state index in [1.807, 2.05) is 49.4 Å². The fourth-order valence-corrected chi connectivity index (χ4v) is 2.72. The van der Waals surface area contributed by atoms with E-state index in [9.17, 15) is 14.4 Å². The van der Waals surface area contributed by atoms with E-state index >= 15 is 0 Å². The Labute approximate surface area is 177 Å². The average molecular weight is 411 g/mol. The zero-order valence-electron chi connectivity index (χ0n) is 18.0. The summed E-state index contributed by atoms with van der Waals surface area (Å²) in [5.41, 5.74) is 4.18. The summed E-state index contributed by atoms with van der Waals surface area (Å²) in [6.45, 7) is 3.82. The Kier molecular flexibility index (Phi) is 8.41. The summed E-state index contributed by atoms with van der Waals surface area (Å²) in [6, 6.07) is 13.1. The van der Waals surface area contributed by atoms with Crippen molar-refractivity contribution in [2.45, 2.75) is 33.1 Å². The Balaban J connectivity index is 1.85. The highest BCUT2D eigenvalue weighted by Crippen LogP contribution is 2.20. The summed E-state index contributed by atoms with van der Waals surface area (Å²) in [4.78, 5) is 37.1. The lowest BCUT2D eigenvalue weighted by Gasteiger charge is -2.12. The van der Waals surface area contributed by atoms with Crippen molar-refractivity contribution in [2.24, 2.45) is 0 Å². The van der Waals surface area contributed by atoms with Crippen LogP contribution in [0.4, 0.5) is 17.1 Å². The Morgan fingerprint density at radius 2 is 1.57 bits per heavy atom. The molecule has 0 aliphatic heterocycles. The number of hydrogen-bond acceptors (Lipinski definition) is 4. The molecule has 0 spiro atoms. The molecule has 0 saturated heterocycles. The molecule has 0 aliphatic carbocycles. The highest BCUT2D eigenvalue weighted by molar-refractivity contribution is 5.94. The molecule has 0 unspecified atom stereocenters. The van der Waals surface area contributed by atoms with Crippen LogP contribution >= 0.6 is 0 Å². The molecule has 0 radical (unpaired) electrons. The van der Waals surface area contributed by atoms with Gasteiger partial charge in [-0.05, 0) is 48.7 Å². The van der Waals surface area contributed by atoms with E-state index in [2.05, 4.69) is 16.0 Å². The predicted molar refractivity (Wildman–Crippen MR) is 121 cm³/mol. The fourth-order valence-electron chi connectivity index (χ4n) is 2.72. The second-order valence-corrected chi connectivity index (χ2v) is 7.32. The summed E-state index contributed by atoms with van der Waals surface area (Å²) in [5, 5.41) is 8.77. The second kappa shape index (κ2) is 11.0. The summed E-state index contributed by atoms with van der Waals surface area (Å²) >= 11 is 0. The van der Waals surface area contributed by atoms with Crippen molar-refractivity contribution in [1.29, 1.82) is 0 Å². The van der Waals surface area contributed by atoms with Crippen molar-refractivity contribution in [3.8, 4) is 0 Å². The highest BCUT2D eigenvalue weighted by atomic mass is 16.2. The number of rotatable bonds is 9. The first-order valence-electron chi connectivity index (χ1n) is 10.0. The van der Waals surface area contributed by atoms with Gasteiger partial charge in [0.1, 0.15) is 0 Å². The molecule has 160 valence electrons. The first-order valence-corrected chi connectivity index (χ1v) is 10.0. The molecule has 3 amide bonds. The van der Waals surface area contributed by atoms with Gasteiger partial charge in [0.25, 0.3) is 0 Å². The zero-order valence-corrected chi connectivity index (χ0v) is 18.0. The summed E-state index contributed by atoms with van der Waals surface area (Å²) in [6.07, 6.45) is 1.53. The smallest absolute Gasteiger partial charge is 0.243 e. The van der Waals surface area contributed by atoms with Crippen LogP contribution in [-0.4, -0.2) is 43.3 Å². The quantitative estimate of drug-likeness (QED) is 0.591. The summed E-state index contributed by atoms with van der Waals surface area (Å²) in [5.74, 6) is -0.139. The number of nitrogens with one attached hydrogen (secondary N) is 3. The molecule has 2 aromatic rings. The van der Waals surface area contributed by atoms with Gasteiger partial charge < -0.3 is 20.9 Å². The third kappa shape index (κ3) is 7.24. The normalized spacial score (nSPS) is 10.3. The van der Waals surface area contributed by atoms with Gasteiger partial charge in [-0.3, -0.25) is 14.4 Å². The molecule has 0 heterocycles. The van der Waals surface area contributed by atoms with Gasteiger partial charge in [0.05, 0.1) is 6.54 Å². The van der Waals surface area contributed by atoms with Gasteiger partial charge in [-0.15, -0.1) is 0 Å². The third-order valence-corrected chi connectivity index (χ3v) is 4.65. The minimum atomic E-state index is -0.176. The van der Waals surface area contributed by atoms with Crippen LogP contribution in [0, 0.1) is 6.92 Å². The van der Waals surface area contributed by atoms with Crippen molar-refractivity contribution in [3.63, 3.8) is 0 Å². The van der Waals surface area contributed by atoms with Gasteiger partial charge in [-0.25, -0.2) is 0 Å². The largest absolute Gasteiger partial charge is 0.376 e. The minimum absolute atomic E-state index is 0.0532. The Hall–Kier alpha value is -3.35. The highest BCUT2D eigenvalue weighted by Gasteiger charge is 2.07. The lowest BCUT2D eigenvalue weighted by molar-refractivity contribution is -0.128. The predicted octanol–water partition coefficient (Wildman–Crippen LogP) is 3.41. The maximum absolute atomic E-state index is 12.2. The van der Waals surface area contributed by atoms with E-state index in [0.717, 1.165) is 22.5 Å². The Morgan fingerprint density at radius 1 is 0.900 bits per heavy atom. The van der Waals surface area contributed by atoms with Crippen molar-refractivity contribution in [3.05, 3.63) is 53.6 Å². The molecule has 0 saturated carbocycles. The Bertz CT molecular complexity index is 892. The molecule has 2 rings (SSSR count). The van der Waals surface area contributed by atoms with Gasteiger partial charge in [0.2, 0.25) is 17.7 Å². The van der Waals surface area contributed by atoms with Crippen LogP contribution in [0.5, 0.6) is 0 Å². The third-order valence-electron chi connectivity index (χ3n) is 4.65. The van der Waals surface area contributed by atoms with Crippen molar-refractivity contribution in [1.82, 2.24) is 4.90 Å². The van der Waals surface area contributed by atoms with Crippen LogP contribution in [-0.2, 0) is 20.8 Å². The van der Waals surface area contributed by atoms with Crippen LogP contribution in [0.3, 0.4) is 0 Å². The number of anilines is 3. The van der Waals surface area contributed by atoms with E-state index in [1.54, 1.807) is 25.9 Å². The van der Waals surface area contributed by atoms with Crippen LogP contribution in [0.2, 0.25) is 0 Å². The standard InChI is InChI=1S/C23H30N4O3/c1-5-21(28)26-20-14-19(10-6-16(20)2)24-15-22(29)25-18-11-7-17(8-12-18)9-13-23(30)27(3)4/h6-8,10-12,14,24H,5,9,13,15H2,1-4H3,(H,25,29)(H,26,28). The maximum Gasteiger partial charge on any atom is 0.243 e. The minimum Gasteiger partial charge on any atom is -0.376 e. The van der Waals surface area contributed by atoms with E-state index in [0.29, 0.717) is 24.9 Å². The molecule has 0 fully saturated rings. The van der Waals surface area contributed by atoms with E-state index in [4.69, 9.17) is 0 Å². The number of carbonyl (C=O) groups excluding carboxylic acids is 3. The Morgan fingerprint density at radius 3 is 2.20 bits per heavy atom. The average Bonchev–Trinajstić information content (AvgIpc) is 2.73. The first kappa shape index (κ1) is 22.9. The second-order valence-electron chi connectivity index (χ2n) is 7.32. The van der Waals surface area contributed by atoms with Gasteiger partial charge in [-0.1, -0.05) is 25.1 Å². The molecule has 30 heavy (non-hydrogen) atoms. The lowest BCUT2D eigenvalue weighted by atomic mass is 10.1. The summed E-state index contributed by atoms with van der Waals surface area (Å²) in [7, 11) is 3.49. The number of amides is 3. The molecular weight excluding hydrogens is 380 g/mol. The van der Waals surface area contributed by atoms with Crippen LogP contribution < -0.4 is 16.0 Å². The van der Waals surface area contributed by atoms with Crippen molar-refractivity contribution in [2.75, 3.05) is 36.6 Å². The van der Waals surface area contributed by atoms with E-state index in [-0.39, 0.29) is 24.3 Å². The molecule has 7 nitrogen and oxygen atoms in total. The topological polar surface area (TPSA) is 90.5 Å². The number of benzene rings is 2. The SMILES string of the molecule is CCC(=O)Nc1cc(NCC(=O)Nc2ccc(CCC(=O)N(C)C)cc2)ccc1C. The van der Waals surface area contributed by atoms with E-state index in [1.165, 1.54) is 0 Å². The molecule has 0 aromatic heterocycles. The number of nitrogens with zero attached hydrogens (tertiary/aromatic N) is 1. The molecule has 0 atom stereocenters. The number of hydrogen-bond donors (Lipinski definition) is 3. The molecule has 0 bridgehead atoms. The van der Waals surface area contributed by atoms with Crippen LogP contribution in [0.25, 0.3) is 0 Å². The lowest BCUT2D eigenvalue weighted by Crippen LogP contribution is -2.22. The number of aryl methyl sites for hydroxylation is 2. The van der Waals surface area contributed by atoms with Gasteiger partial charge in [0.15, 0.2) is 0 Å². The van der Waals surface area contributed by atoms with Gasteiger partial charge >= 0.3 is 0 Å². The van der Waals surface area contributed by atoms with Gasteiger partial charge in [-0.2, -0.15) is 0 Å².